The molecule has 4 nitrogen and oxygen atoms in total. The van der Waals surface area contributed by atoms with Crippen molar-refractivity contribution in [2.45, 2.75) is 19.4 Å². The maximum Gasteiger partial charge on any atom is 0.0951 e. The number of morpholine rings is 1. The molecule has 2 heterocycles. The van der Waals surface area contributed by atoms with Crippen LogP contribution in [0.3, 0.4) is 0 Å². The normalized spacial score (nSPS) is 21.2. The Labute approximate surface area is 100.0 Å². The third-order valence-corrected chi connectivity index (χ3v) is 3.44. The molecule has 1 aromatic heterocycles. The molecule has 0 aliphatic carbocycles. The number of aromatic nitrogens is 1. The van der Waals surface area contributed by atoms with Crippen LogP contribution in [0.25, 0.3) is 0 Å². The van der Waals surface area contributed by atoms with E-state index in [1.165, 1.54) is 0 Å². The number of ether oxygens (including phenoxy) is 2. The summed E-state index contributed by atoms with van der Waals surface area (Å²) in [6.07, 6.45) is 0.909. The van der Waals surface area contributed by atoms with E-state index in [9.17, 15) is 0 Å². The van der Waals surface area contributed by atoms with Gasteiger partial charge in [0.05, 0.1) is 36.6 Å². The van der Waals surface area contributed by atoms with E-state index in [0.29, 0.717) is 0 Å². The molecule has 0 aromatic carbocycles. The van der Waals surface area contributed by atoms with Crippen molar-refractivity contribution >= 4 is 11.3 Å². The molecule has 0 spiro atoms. The summed E-state index contributed by atoms with van der Waals surface area (Å²) in [5.74, 6) is 0. The van der Waals surface area contributed by atoms with Crippen LogP contribution in [0.4, 0.5) is 0 Å². The van der Waals surface area contributed by atoms with Crippen LogP contribution in [0.5, 0.6) is 0 Å². The number of hydrogen-bond acceptors (Lipinski definition) is 5. The molecule has 90 valence electrons. The van der Waals surface area contributed by atoms with Gasteiger partial charge in [0, 0.05) is 25.0 Å². The predicted octanol–water partition coefficient (Wildman–Crippen LogP) is 1.38. The molecule has 1 N–H and O–H groups in total. The second-order valence-corrected chi connectivity index (χ2v) is 4.64. The van der Waals surface area contributed by atoms with Gasteiger partial charge < -0.3 is 14.8 Å². The summed E-state index contributed by atoms with van der Waals surface area (Å²) < 4.78 is 10.7. The van der Waals surface area contributed by atoms with Crippen molar-refractivity contribution in [3.05, 3.63) is 16.1 Å². The van der Waals surface area contributed by atoms with Crippen LogP contribution >= 0.6 is 11.3 Å². The van der Waals surface area contributed by atoms with Gasteiger partial charge in [0.2, 0.25) is 0 Å². The minimum absolute atomic E-state index is 0.269. The second-order valence-electron chi connectivity index (χ2n) is 3.69. The second kappa shape index (κ2) is 6.30. The Balaban J connectivity index is 1.85. The molecule has 1 fully saturated rings. The summed E-state index contributed by atoms with van der Waals surface area (Å²) >= 11 is 1.71. The zero-order valence-electron chi connectivity index (χ0n) is 9.57. The van der Waals surface area contributed by atoms with Crippen LogP contribution < -0.4 is 5.32 Å². The lowest BCUT2D eigenvalue weighted by atomic mass is 10.2. The molecule has 1 aliphatic heterocycles. The molecule has 0 radical (unpaired) electrons. The van der Waals surface area contributed by atoms with Crippen molar-refractivity contribution in [1.82, 2.24) is 10.3 Å². The first-order valence-electron chi connectivity index (χ1n) is 5.73. The minimum Gasteiger partial charge on any atom is -0.381 e. The van der Waals surface area contributed by atoms with Crippen molar-refractivity contribution < 1.29 is 9.47 Å². The molecule has 0 bridgehead atoms. The number of nitrogens with zero attached hydrogens (tertiary/aromatic N) is 1. The van der Waals surface area contributed by atoms with Gasteiger partial charge in [-0.2, -0.15) is 0 Å². The smallest absolute Gasteiger partial charge is 0.0951 e. The molecule has 0 saturated carbocycles. The Hall–Kier alpha value is -0.490. The summed E-state index contributed by atoms with van der Waals surface area (Å²) in [6, 6.07) is 0.269. The average Bonchev–Trinajstić information content (AvgIpc) is 2.79. The molecule has 1 saturated heterocycles. The molecule has 2 rings (SSSR count). The van der Waals surface area contributed by atoms with E-state index >= 15 is 0 Å². The predicted molar refractivity (Wildman–Crippen MR) is 63.9 cm³/mol. The molecule has 1 aliphatic rings. The number of rotatable bonds is 5. The topological polar surface area (TPSA) is 43.4 Å². The maximum atomic E-state index is 5.42. The summed E-state index contributed by atoms with van der Waals surface area (Å²) in [5, 5.41) is 6.67. The van der Waals surface area contributed by atoms with E-state index in [1.807, 2.05) is 6.92 Å². The maximum absolute atomic E-state index is 5.42. The lowest BCUT2D eigenvalue weighted by Crippen LogP contribution is -2.34. The largest absolute Gasteiger partial charge is 0.381 e. The fraction of sp³-hybridized carbons (Fsp3) is 0.727. The van der Waals surface area contributed by atoms with Crippen LogP contribution in [0.2, 0.25) is 0 Å². The van der Waals surface area contributed by atoms with Gasteiger partial charge >= 0.3 is 0 Å². The van der Waals surface area contributed by atoms with Crippen LogP contribution in [-0.2, 0) is 15.9 Å². The van der Waals surface area contributed by atoms with Gasteiger partial charge in [-0.15, -0.1) is 11.3 Å². The van der Waals surface area contributed by atoms with Crippen molar-refractivity contribution in [2.24, 2.45) is 0 Å². The number of nitrogens with one attached hydrogen (secondary N) is 1. The summed E-state index contributed by atoms with van der Waals surface area (Å²) in [4.78, 5) is 4.60. The molecule has 1 atom stereocenters. The van der Waals surface area contributed by atoms with Crippen molar-refractivity contribution in [1.29, 1.82) is 0 Å². The molecular formula is C11H18N2O2S. The summed E-state index contributed by atoms with van der Waals surface area (Å²) in [5.41, 5.74) is 1.11. The molecule has 1 aromatic rings. The highest BCUT2D eigenvalue weighted by Crippen LogP contribution is 2.19. The first-order valence-corrected chi connectivity index (χ1v) is 6.61. The van der Waals surface area contributed by atoms with Gasteiger partial charge in [-0.1, -0.05) is 0 Å². The van der Waals surface area contributed by atoms with E-state index in [1.54, 1.807) is 11.3 Å². The van der Waals surface area contributed by atoms with Crippen LogP contribution in [0, 0.1) is 0 Å². The SMILES string of the molecule is CCOCCc1nc(C2COCCN2)cs1. The number of hydrogen-bond donors (Lipinski definition) is 1. The van der Waals surface area contributed by atoms with Crippen LogP contribution in [0.1, 0.15) is 23.7 Å². The Morgan fingerprint density at radius 3 is 3.38 bits per heavy atom. The lowest BCUT2D eigenvalue weighted by molar-refractivity contribution is 0.0757. The van der Waals surface area contributed by atoms with Gasteiger partial charge in [0.1, 0.15) is 0 Å². The van der Waals surface area contributed by atoms with Crippen molar-refractivity contribution in [3.8, 4) is 0 Å². The van der Waals surface area contributed by atoms with Gasteiger partial charge in [0.15, 0.2) is 0 Å². The Morgan fingerprint density at radius 2 is 2.62 bits per heavy atom. The highest BCUT2D eigenvalue weighted by molar-refractivity contribution is 7.09. The molecule has 5 heteroatoms. The zero-order chi connectivity index (χ0) is 11.2. The van der Waals surface area contributed by atoms with Gasteiger partial charge in [0.25, 0.3) is 0 Å². The van der Waals surface area contributed by atoms with Gasteiger partial charge in [-0.05, 0) is 6.92 Å². The van der Waals surface area contributed by atoms with Crippen LogP contribution in [0.15, 0.2) is 5.38 Å². The summed E-state index contributed by atoms with van der Waals surface area (Å²) in [6.45, 7) is 5.99. The van der Waals surface area contributed by atoms with Crippen molar-refractivity contribution in [3.63, 3.8) is 0 Å². The highest BCUT2D eigenvalue weighted by atomic mass is 32.1. The Bertz CT molecular complexity index is 311. The Kier molecular flexibility index (Phi) is 4.71. The molecule has 16 heavy (non-hydrogen) atoms. The third kappa shape index (κ3) is 3.25. The minimum atomic E-state index is 0.269. The zero-order valence-corrected chi connectivity index (χ0v) is 10.4. The number of thiazole rings is 1. The molecule has 1 unspecified atom stereocenters. The first kappa shape index (κ1) is 12.0. The van der Waals surface area contributed by atoms with Crippen LogP contribution in [-0.4, -0.2) is 38.0 Å². The van der Waals surface area contributed by atoms with E-state index in [4.69, 9.17) is 9.47 Å². The van der Waals surface area contributed by atoms with Gasteiger partial charge in [-0.25, -0.2) is 4.98 Å². The third-order valence-electron chi connectivity index (χ3n) is 2.51. The monoisotopic (exact) mass is 242 g/mol. The van der Waals surface area contributed by atoms with E-state index in [-0.39, 0.29) is 6.04 Å². The van der Waals surface area contributed by atoms with Gasteiger partial charge in [-0.3, -0.25) is 0 Å². The van der Waals surface area contributed by atoms with E-state index < -0.39 is 0 Å². The first-order chi connectivity index (χ1) is 7.90. The Morgan fingerprint density at radius 1 is 1.69 bits per heavy atom. The van der Waals surface area contributed by atoms with E-state index in [2.05, 4.69) is 15.7 Å². The quantitative estimate of drug-likeness (QED) is 0.792. The molecular weight excluding hydrogens is 224 g/mol. The van der Waals surface area contributed by atoms with Crippen molar-refractivity contribution in [2.75, 3.05) is 33.0 Å². The fourth-order valence-electron chi connectivity index (χ4n) is 1.66. The standard InChI is InChI=1S/C11H18N2O2S/c1-2-14-5-3-11-13-10(8-16-11)9-7-15-6-4-12-9/h8-9,12H,2-7H2,1H3. The average molecular weight is 242 g/mol. The highest BCUT2D eigenvalue weighted by Gasteiger charge is 2.17. The summed E-state index contributed by atoms with van der Waals surface area (Å²) in [7, 11) is 0. The molecule has 0 amide bonds. The lowest BCUT2D eigenvalue weighted by Gasteiger charge is -2.22. The fourth-order valence-corrected chi connectivity index (χ4v) is 2.49. The van der Waals surface area contributed by atoms with E-state index in [0.717, 1.165) is 50.1 Å².